The number of hydrogen-bond donors (Lipinski definition) is 0. The molecule has 5 heteroatoms. The van der Waals surface area contributed by atoms with Crippen LogP contribution in [0, 0.1) is 0 Å². The number of carbonyl (C=O) groups is 2. The lowest BCUT2D eigenvalue weighted by molar-refractivity contribution is -0.172. The fourth-order valence-electron chi connectivity index (χ4n) is 3.82. The van der Waals surface area contributed by atoms with Crippen LogP contribution in [-0.2, 0) is 20.7 Å². The first kappa shape index (κ1) is 20.1. The van der Waals surface area contributed by atoms with E-state index in [1.807, 2.05) is 43.3 Å². The molecule has 3 rings (SSSR count). The molecule has 0 aliphatic carbocycles. The van der Waals surface area contributed by atoms with Gasteiger partial charge in [-0.3, -0.25) is 9.59 Å². The van der Waals surface area contributed by atoms with E-state index >= 15 is 0 Å². The third-order valence-corrected chi connectivity index (χ3v) is 5.22. The van der Waals surface area contributed by atoms with Crippen molar-refractivity contribution in [3.05, 3.63) is 60.2 Å². The molecule has 0 radical (unpaired) electrons. The van der Waals surface area contributed by atoms with E-state index in [1.165, 1.54) is 0 Å². The summed E-state index contributed by atoms with van der Waals surface area (Å²) in [5, 5.41) is 0. The Labute approximate surface area is 166 Å². The van der Waals surface area contributed by atoms with Crippen LogP contribution in [0.25, 0.3) is 11.1 Å². The predicted octanol–water partition coefficient (Wildman–Crippen LogP) is 2.99. The van der Waals surface area contributed by atoms with Crippen LogP contribution in [0.5, 0.6) is 0 Å². The van der Waals surface area contributed by atoms with Crippen LogP contribution in [-0.4, -0.2) is 61.0 Å². The largest absolute Gasteiger partial charge is 0.361 e. The smallest absolute Gasteiger partial charge is 0.256 e. The molecule has 1 aliphatic rings. The molecule has 0 spiro atoms. The van der Waals surface area contributed by atoms with Gasteiger partial charge in [-0.1, -0.05) is 61.5 Å². The maximum absolute atomic E-state index is 13.2. The van der Waals surface area contributed by atoms with Crippen LogP contribution < -0.4 is 0 Å². The normalized spacial score (nSPS) is 19.3. The van der Waals surface area contributed by atoms with Gasteiger partial charge < -0.3 is 14.5 Å². The standard InChI is InChI=1S/C23H28N2O3/c1-4-21(26)25-14-15-28-23(17-25,22(27)24(2)3)16-19-12-8-9-13-20(19)18-10-6-5-7-11-18/h5-13H,4,14-17H2,1-3H3/t23-/m1/s1. The lowest BCUT2D eigenvalue weighted by Gasteiger charge is -2.43. The maximum Gasteiger partial charge on any atom is 0.256 e. The van der Waals surface area contributed by atoms with Gasteiger partial charge in [0, 0.05) is 33.5 Å². The van der Waals surface area contributed by atoms with E-state index in [0.717, 1.165) is 16.7 Å². The predicted molar refractivity (Wildman–Crippen MR) is 110 cm³/mol. The van der Waals surface area contributed by atoms with Crippen molar-refractivity contribution in [1.82, 2.24) is 9.80 Å². The zero-order valence-electron chi connectivity index (χ0n) is 16.9. The molecule has 5 nitrogen and oxygen atoms in total. The van der Waals surface area contributed by atoms with Crippen molar-refractivity contribution in [3.63, 3.8) is 0 Å². The number of benzene rings is 2. The first-order valence-electron chi connectivity index (χ1n) is 9.73. The summed E-state index contributed by atoms with van der Waals surface area (Å²) in [5.41, 5.74) is 2.14. The topological polar surface area (TPSA) is 49.9 Å². The van der Waals surface area contributed by atoms with E-state index < -0.39 is 5.60 Å². The number of ether oxygens (including phenoxy) is 1. The molecule has 28 heavy (non-hydrogen) atoms. The monoisotopic (exact) mass is 380 g/mol. The van der Waals surface area contributed by atoms with Crippen molar-refractivity contribution in [1.29, 1.82) is 0 Å². The highest BCUT2D eigenvalue weighted by Crippen LogP contribution is 2.31. The maximum atomic E-state index is 13.2. The van der Waals surface area contributed by atoms with Crippen LogP contribution in [0.4, 0.5) is 0 Å². The van der Waals surface area contributed by atoms with E-state index in [9.17, 15) is 9.59 Å². The van der Waals surface area contributed by atoms with Crippen molar-refractivity contribution in [2.75, 3.05) is 33.8 Å². The Morgan fingerprint density at radius 1 is 1.07 bits per heavy atom. The van der Waals surface area contributed by atoms with Crippen LogP contribution >= 0.6 is 0 Å². The summed E-state index contributed by atoms with van der Waals surface area (Å²) >= 11 is 0. The second-order valence-corrected chi connectivity index (χ2v) is 7.41. The van der Waals surface area contributed by atoms with Gasteiger partial charge in [-0.05, 0) is 16.7 Å². The Morgan fingerprint density at radius 2 is 1.75 bits per heavy atom. The summed E-state index contributed by atoms with van der Waals surface area (Å²) in [5.74, 6) is -0.0560. The van der Waals surface area contributed by atoms with E-state index in [-0.39, 0.29) is 18.4 Å². The fraction of sp³-hybridized carbons (Fsp3) is 0.391. The lowest BCUT2D eigenvalue weighted by Crippen LogP contribution is -2.61. The number of rotatable bonds is 5. The minimum atomic E-state index is -1.07. The second-order valence-electron chi connectivity index (χ2n) is 7.41. The summed E-state index contributed by atoms with van der Waals surface area (Å²) in [6.45, 7) is 3.01. The van der Waals surface area contributed by atoms with Crippen molar-refractivity contribution < 1.29 is 14.3 Å². The van der Waals surface area contributed by atoms with Gasteiger partial charge in [-0.15, -0.1) is 0 Å². The lowest BCUT2D eigenvalue weighted by atomic mass is 9.87. The van der Waals surface area contributed by atoms with Crippen molar-refractivity contribution >= 4 is 11.8 Å². The number of likely N-dealkylation sites (N-methyl/N-ethyl adjacent to an activating group) is 1. The van der Waals surface area contributed by atoms with Crippen LogP contribution in [0.1, 0.15) is 18.9 Å². The first-order valence-corrected chi connectivity index (χ1v) is 9.73. The van der Waals surface area contributed by atoms with Crippen molar-refractivity contribution in [2.24, 2.45) is 0 Å². The number of carbonyl (C=O) groups excluding carboxylic acids is 2. The molecule has 2 aromatic rings. The van der Waals surface area contributed by atoms with Gasteiger partial charge in [0.05, 0.1) is 13.2 Å². The highest BCUT2D eigenvalue weighted by molar-refractivity contribution is 5.87. The van der Waals surface area contributed by atoms with Gasteiger partial charge in [-0.25, -0.2) is 0 Å². The van der Waals surface area contributed by atoms with Gasteiger partial charge in [0.25, 0.3) is 5.91 Å². The molecule has 1 saturated heterocycles. The first-order chi connectivity index (χ1) is 13.5. The molecule has 148 valence electrons. The van der Waals surface area contributed by atoms with E-state index in [1.54, 1.807) is 23.9 Å². The Kier molecular flexibility index (Phi) is 6.15. The Morgan fingerprint density at radius 3 is 2.43 bits per heavy atom. The van der Waals surface area contributed by atoms with Gasteiger partial charge in [0.1, 0.15) is 0 Å². The summed E-state index contributed by atoms with van der Waals surface area (Å²) in [6, 6.07) is 18.2. The van der Waals surface area contributed by atoms with Gasteiger partial charge in [0.2, 0.25) is 5.91 Å². The molecule has 0 unspecified atom stereocenters. The summed E-state index contributed by atoms with van der Waals surface area (Å²) < 4.78 is 6.12. The zero-order chi connectivity index (χ0) is 20.1. The molecule has 0 N–H and O–H groups in total. The molecular weight excluding hydrogens is 352 g/mol. The fourth-order valence-corrected chi connectivity index (χ4v) is 3.82. The Hall–Kier alpha value is -2.66. The molecule has 2 amide bonds. The molecular formula is C23H28N2O3. The third kappa shape index (κ3) is 4.09. The summed E-state index contributed by atoms with van der Waals surface area (Å²) in [7, 11) is 3.47. The van der Waals surface area contributed by atoms with Gasteiger partial charge in [-0.2, -0.15) is 0 Å². The van der Waals surface area contributed by atoms with Gasteiger partial charge >= 0.3 is 0 Å². The Bertz CT molecular complexity index is 835. The summed E-state index contributed by atoms with van der Waals surface area (Å²) in [4.78, 5) is 28.8. The summed E-state index contributed by atoms with van der Waals surface area (Å²) in [6.07, 6.45) is 0.843. The highest BCUT2D eigenvalue weighted by atomic mass is 16.5. The molecule has 1 fully saturated rings. The van der Waals surface area contributed by atoms with Gasteiger partial charge in [0.15, 0.2) is 5.60 Å². The molecule has 2 aromatic carbocycles. The average Bonchev–Trinajstić information content (AvgIpc) is 2.73. The Balaban J connectivity index is 2.00. The van der Waals surface area contributed by atoms with Crippen molar-refractivity contribution in [2.45, 2.75) is 25.4 Å². The molecule has 0 saturated carbocycles. The van der Waals surface area contributed by atoms with Crippen LogP contribution in [0.3, 0.4) is 0 Å². The highest BCUT2D eigenvalue weighted by Gasteiger charge is 2.46. The second kappa shape index (κ2) is 8.57. The van der Waals surface area contributed by atoms with Crippen LogP contribution in [0.2, 0.25) is 0 Å². The van der Waals surface area contributed by atoms with Crippen molar-refractivity contribution in [3.8, 4) is 11.1 Å². The van der Waals surface area contributed by atoms with E-state index in [2.05, 4.69) is 18.2 Å². The molecule has 0 bridgehead atoms. The van der Waals surface area contributed by atoms with E-state index in [4.69, 9.17) is 4.74 Å². The average molecular weight is 380 g/mol. The zero-order valence-corrected chi connectivity index (χ0v) is 16.9. The molecule has 1 atom stereocenters. The third-order valence-electron chi connectivity index (χ3n) is 5.22. The molecule has 1 heterocycles. The number of hydrogen-bond acceptors (Lipinski definition) is 3. The number of amides is 2. The van der Waals surface area contributed by atoms with Crippen LogP contribution in [0.15, 0.2) is 54.6 Å². The van der Waals surface area contributed by atoms with E-state index in [0.29, 0.717) is 26.0 Å². The minimum absolute atomic E-state index is 0.0515. The molecule has 1 aliphatic heterocycles. The minimum Gasteiger partial charge on any atom is -0.361 e. The number of nitrogens with zero attached hydrogens (tertiary/aromatic N) is 2. The quantitative estimate of drug-likeness (QED) is 0.801. The molecule has 0 aromatic heterocycles. The number of morpholine rings is 1. The SMILES string of the molecule is CCC(=O)N1CCO[C@@](Cc2ccccc2-c2ccccc2)(C(=O)N(C)C)C1.